The zero-order valence-electron chi connectivity index (χ0n) is 21.5. The second-order valence-corrected chi connectivity index (χ2v) is 10.7. The first-order valence-corrected chi connectivity index (χ1v) is 12.6. The largest absolute Gasteiger partial charge is 0.508 e. The van der Waals surface area contributed by atoms with Crippen LogP contribution in [0.4, 0.5) is 10.1 Å². The molecule has 0 saturated heterocycles. The lowest BCUT2D eigenvalue weighted by atomic mass is 9.59. The van der Waals surface area contributed by atoms with Gasteiger partial charge in [-0.2, -0.15) is 0 Å². The van der Waals surface area contributed by atoms with Crippen LogP contribution in [0.1, 0.15) is 35.1 Å². The SMILES string of the molecule is CN(C)c1cc(CCc2ccc(F)cc2)c(O)c2c1C[C@H]1C[C@H]3CC(=O)C(C(N)=O)=C(O)[C@@]3(O)C(=O)C1=C2O. The molecule has 39 heavy (non-hydrogen) atoms. The number of amides is 1. The van der Waals surface area contributed by atoms with E-state index < -0.39 is 52.0 Å². The van der Waals surface area contributed by atoms with Crippen molar-refractivity contribution in [2.24, 2.45) is 17.6 Å². The van der Waals surface area contributed by atoms with Crippen LogP contribution in [0.25, 0.3) is 5.76 Å². The number of hydrogen-bond donors (Lipinski definition) is 5. The molecule has 0 radical (unpaired) electrons. The number of aliphatic hydroxyl groups is 3. The van der Waals surface area contributed by atoms with Gasteiger partial charge in [0.05, 0.1) is 5.56 Å². The third-order valence-electron chi connectivity index (χ3n) is 8.20. The molecule has 1 fully saturated rings. The number of aliphatic hydroxyl groups excluding tert-OH is 2. The molecule has 0 aromatic heterocycles. The molecule has 0 bridgehead atoms. The van der Waals surface area contributed by atoms with Crippen molar-refractivity contribution in [3.8, 4) is 5.75 Å². The minimum absolute atomic E-state index is 0.0578. The standard InChI is InChI=1S/C29H29FN2O7/c1-32(2)19-11-14(6-3-13-4-7-17(30)8-5-13)24(34)22-18(19)10-15-9-16-12-20(33)23(28(31)38)27(37)29(16,39)26(36)21(15)25(22)35/h4-5,7-8,11,15-16,34-35,37,39H,3,6,9-10,12H2,1-2H3,(H2,31,38)/t15-,16+,29+/m1/s1. The van der Waals surface area contributed by atoms with Crippen LogP contribution in [-0.2, 0) is 33.6 Å². The Hall–Kier alpha value is -4.18. The predicted octanol–water partition coefficient (Wildman–Crippen LogP) is 2.41. The van der Waals surface area contributed by atoms with Gasteiger partial charge in [-0.1, -0.05) is 12.1 Å². The molecule has 0 aliphatic heterocycles. The number of fused-ring (bicyclic) bond motifs is 3. The summed E-state index contributed by atoms with van der Waals surface area (Å²) in [5.41, 5.74) is 4.35. The molecule has 3 aliphatic rings. The number of primary amides is 1. The zero-order chi connectivity index (χ0) is 28.4. The highest BCUT2D eigenvalue weighted by atomic mass is 19.1. The van der Waals surface area contributed by atoms with Crippen LogP contribution in [0.2, 0.25) is 0 Å². The molecule has 3 aliphatic carbocycles. The van der Waals surface area contributed by atoms with Gasteiger partial charge >= 0.3 is 0 Å². The number of carbonyl (C=O) groups excluding carboxylic acids is 3. The summed E-state index contributed by atoms with van der Waals surface area (Å²) in [6.07, 6.45) is 0.764. The number of phenols is 1. The van der Waals surface area contributed by atoms with E-state index in [1.807, 2.05) is 25.1 Å². The van der Waals surface area contributed by atoms with Gasteiger partial charge < -0.3 is 31.1 Å². The number of benzene rings is 2. The smallest absolute Gasteiger partial charge is 0.255 e. The van der Waals surface area contributed by atoms with Crippen LogP contribution in [0.3, 0.4) is 0 Å². The van der Waals surface area contributed by atoms with Crippen LogP contribution < -0.4 is 10.6 Å². The Morgan fingerprint density at radius 2 is 1.77 bits per heavy atom. The Morgan fingerprint density at radius 1 is 1.10 bits per heavy atom. The van der Waals surface area contributed by atoms with Crippen LogP contribution in [0.15, 0.2) is 47.2 Å². The van der Waals surface area contributed by atoms with Crippen molar-refractivity contribution in [3.63, 3.8) is 0 Å². The van der Waals surface area contributed by atoms with Crippen molar-refractivity contribution in [1.82, 2.24) is 0 Å². The average Bonchev–Trinajstić information content (AvgIpc) is 2.86. The van der Waals surface area contributed by atoms with E-state index in [0.717, 1.165) is 5.56 Å². The van der Waals surface area contributed by atoms with Crippen molar-refractivity contribution in [2.75, 3.05) is 19.0 Å². The van der Waals surface area contributed by atoms with Crippen LogP contribution >= 0.6 is 0 Å². The third-order valence-corrected chi connectivity index (χ3v) is 8.20. The van der Waals surface area contributed by atoms with Gasteiger partial charge in [-0.15, -0.1) is 0 Å². The molecule has 0 unspecified atom stereocenters. The maximum Gasteiger partial charge on any atom is 0.255 e. The van der Waals surface area contributed by atoms with E-state index >= 15 is 0 Å². The van der Waals surface area contributed by atoms with Crippen molar-refractivity contribution < 1.29 is 39.2 Å². The number of Topliss-reactive ketones (excluding diaryl/α,β-unsaturated/α-hetero) is 2. The van der Waals surface area contributed by atoms with Crippen molar-refractivity contribution >= 4 is 28.9 Å². The molecule has 204 valence electrons. The van der Waals surface area contributed by atoms with E-state index in [1.54, 1.807) is 12.1 Å². The summed E-state index contributed by atoms with van der Waals surface area (Å²) in [6, 6.07) is 7.81. The molecule has 0 heterocycles. The Bertz CT molecular complexity index is 1490. The van der Waals surface area contributed by atoms with Gasteiger partial charge in [0.1, 0.15) is 28.7 Å². The van der Waals surface area contributed by atoms with Crippen molar-refractivity contribution in [1.29, 1.82) is 0 Å². The molecule has 1 amide bonds. The fourth-order valence-corrected chi connectivity index (χ4v) is 6.24. The lowest BCUT2D eigenvalue weighted by Crippen LogP contribution is -2.58. The Morgan fingerprint density at radius 3 is 2.38 bits per heavy atom. The van der Waals surface area contributed by atoms with Crippen LogP contribution in [-0.4, -0.2) is 57.6 Å². The van der Waals surface area contributed by atoms with Gasteiger partial charge in [0.25, 0.3) is 5.91 Å². The maximum absolute atomic E-state index is 13.7. The topological polar surface area (TPSA) is 161 Å². The van der Waals surface area contributed by atoms with Gasteiger partial charge in [-0.05, 0) is 66.5 Å². The quantitative estimate of drug-likeness (QED) is 0.364. The molecule has 2 aromatic rings. The molecular weight excluding hydrogens is 507 g/mol. The van der Waals surface area contributed by atoms with E-state index in [-0.39, 0.29) is 42.0 Å². The minimum Gasteiger partial charge on any atom is -0.508 e. The van der Waals surface area contributed by atoms with E-state index in [2.05, 4.69) is 0 Å². The molecule has 1 saturated carbocycles. The Labute approximate surface area is 223 Å². The van der Waals surface area contributed by atoms with E-state index in [4.69, 9.17) is 5.73 Å². The van der Waals surface area contributed by atoms with E-state index in [1.165, 1.54) is 12.1 Å². The lowest BCUT2D eigenvalue weighted by molar-refractivity contribution is -0.147. The Kier molecular flexibility index (Phi) is 6.26. The lowest BCUT2D eigenvalue weighted by Gasteiger charge is -2.46. The third kappa shape index (κ3) is 3.97. The first kappa shape index (κ1) is 26.4. The van der Waals surface area contributed by atoms with Gasteiger partial charge in [0.15, 0.2) is 11.4 Å². The molecule has 5 rings (SSSR count). The molecule has 2 aromatic carbocycles. The maximum atomic E-state index is 13.7. The van der Waals surface area contributed by atoms with Gasteiger partial charge in [0, 0.05) is 37.7 Å². The molecule has 9 nitrogen and oxygen atoms in total. The number of aryl methyl sites for hydroxylation is 2. The fraction of sp³-hybridized carbons (Fsp3) is 0.345. The number of nitrogens with zero attached hydrogens (tertiary/aromatic N) is 1. The monoisotopic (exact) mass is 536 g/mol. The summed E-state index contributed by atoms with van der Waals surface area (Å²) in [5, 5.41) is 44.9. The second kappa shape index (κ2) is 9.23. The molecule has 6 N–H and O–H groups in total. The minimum atomic E-state index is -2.60. The number of halogens is 1. The number of phenolic OH excluding ortho intramolecular Hbond substituents is 1. The molecule has 10 heteroatoms. The summed E-state index contributed by atoms with van der Waals surface area (Å²) < 4.78 is 13.3. The Balaban J connectivity index is 1.63. The van der Waals surface area contributed by atoms with Crippen LogP contribution in [0.5, 0.6) is 5.75 Å². The van der Waals surface area contributed by atoms with Crippen molar-refractivity contribution in [3.05, 3.63) is 75.3 Å². The van der Waals surface area contributed by atoms with Gasteiger partial charge in [-0.3, -0.25) is 14.4 Å². The normalized spacial score (nSPS) is 24.3. The van der Waals surface area contributed by atoms with Gasteiger partial charge in [0.2, 0.25) is 5.78 Å². The number of rotatable bonds is 5. The predicted molar refractivity (Wildman–Crippen MR) is 140 cm³/mol. The van der Waals surface area contributed by atoms with E-state index in [0.29, 0.717) is 29.7 Å². The summed E-state index contributed by atoms with van der Waals surface area (Å²) in [6.45, 7) is 0. The van der Waals surface area contributed by atoms with Gasteiger partial charge in [-0.25, -0.2) is 4.39 Å². The summed E-state index contributed by atoms with van der Waals surface area (Å²) in [5.74, 6) is -6.87. The molecule has 3 atom stereocenters. The van der Waals surface area contributed by atoms with Crippen LogP contribution in [0, 0.1) is 17.7 Å². The number of ketones is 2. The number of aromatic hydroxyl groups is 1. The highest BCUT2D eigenvalue weighted by Crippen LogP contribution is 2.53. The summed E-state index contributed by atoms with van der Waals surface area (Å²) in [4.78, 5) is 39.9. The summed E-state index contributed by atoms with van der Waals surface area (Å²) in [7, 11) is 3.62. The number of anilines is 1. The zero-order valence-corrected chi connectivity index (χ0v) is 21.5. The van der Waals surface area contributed by atoms with Crippen molar-refractivity contribution in [2.45, 2.75) is 37.7 Å². The highest BCUT2D eigenvalue weighted by Gasteiger charge is 2.60. The first-order chi connectivity index (χ1) is 18.4. The fourth-order valence-electron chi connectivity index (χ4n) is 6.24. The molecular formula is C29H29FN2O7. The number of hydrogen-bond acceptors (Lipinski definition) is 8. The first-order valence-electron chi connectivity index (χ1n) is 12.6. The average molecular weight is 537 g/mol. The highest BCUT2D eigenvalue weighted by molar-refractivity contribution is 6.22. The second-order valence-electron chi connectivity index (χ2n) is 10.7. The van der Waals surface area contributed by atoms with E-state index in [9.17, 15) is 39.2 Å². The number of carbonyl (C=O) groups is 3. The number of nitrogens with two attached hydrogens (primary N) is 1. The summed E-state index contributed by atoms with van der Waals surface area (Å²) >= 11 is 0. The molecule has 0 spiro atoms.